The highest BCUT2D eigenvalue weighted by molar-refractivity contribution is 6.32. The molecule has 0 fully saturated rings. The van der Waals surface area contributed by atoms with Crippen LogP contribution in [-0.2, 0) is 6.61 Å². The van der Waals surface area contributed by atoms with E-state index in [1.165, 1.54) is 0 Å². The second-order valence-corrected chi connectivity index (χ2v) is 7.34. The molecular formula is C23H24ClN3O3. The molecule has 1 aromatic heterocycles. The maximum absolute atomic E-state index is 12.6. The number of benzene rings is 2. The number of rotatable bonds is 9. The Balaban J connectivity index is 1.59. The first kappa shape index (κ1) is 21.6. The van der Waals surface area contributed by atoms with Crippen LogP contribution in [0.5, 0.6) is 11.5 Å². The predicted molar refractivity (Wildman–Crippen MR) is 118 cm³/mol. The highest BCUT2D eigenvalue weighted by Crippen LogP contribution is 2.28. The van der Waals surface area contributed by atoms with Crippen molar-refractivity contribution in [2.24, 2.45) is 0 Å². The minimum atomic E-state index is -0.251. The van der Waals surface area contributed by atoms with E-state index >= 15 is 0 Å². The van der Waals surface area contributed by atoms with Gasteiger partial charge in [-0.1, -0.05) is 23.7 Å². The number of anilines is 1. The summed E-state index contributed by atoms with van der Waals surface area (Å²) in [6, 6.07) is 16.0. The minimum absolute atomic E-state index is 0.251. The van der Waals surface area contributed by atoms with Crippen molar-refractivity contribution in [2.45, 2.75) is 6.61 Å². The highest BCUT2D eigenvalue weighted by atomic mass is 35.5. The lowest BCUT2D eigenvalue weighted by molar-refractivity contribution is 0.102. The molecule has 0 aliphatic heterocycles. The second-order valence-electron chi connectivity index (χ2n) is 6.93. The van der Waals surface area contributed by atoms with Gasteiger partial charge >= 0.3 is 0 Å². The topological polar surface area (TPSA) is 63.7 Å². The Labute approximate surface area is 181 Å². The molecule has 0 aliphatic rings. The standard InChI is InChI=1S/C23H24ClN3O3/c1-27(2)11-12-29-22-9-8-19(14-21(22)24)26-23(28)18-6-3-7-20(13-18)30-16-17-5-4-10-25-15-17/h3-10,13-15H,11-12,16H2,1-2H3,(H,26,28). The lowest BCUT2D eigenvalue weighted by atomic mass is 10.2. The maximum Gasteiger partial charge on any atom is 0.255 e. The molecule has 0 spiro atoms. The molecule has 0 unspecified atom stereocenters. The first-order valence-electron chi connectivity index (χ1n) is 9.51. The van der Waals surface area contributed by atoms with Gasteiger partial charge in [0.05, 0.1) is 5.02 Å². The summed E-state index contributed by atoms with van der Waals surface area (Å²) in [5, 5.41) is 3.29. The monoisotopic (exact) mass is 425 g/mol. The highest BCUT2D eigenvalue weighted by Gasteiger charge is 2.10. The number of carbonyl (C=O) groups excluding carboxylic acids is 1. The van der Waals surface area contributed by atoms with E-state index in [4.69, 9.17) is 21.1 Å². The van der Waals surface area contributed by atoms with Crippen molar-refractivity contribution in [3.63, 3.8) is 0 Å². The largest absolute Gasteiger partial charge is 0.491 e. The van der Waals surface area contributed by atoms with Crippen molar-refractivity contribution < 1.29 is 14.3 Å². The normalized spacial score (nSPS) is 10.7. The molecule has 2 aromatic carbocycles. The van der Waals surface area contributed by atoms with Gasteiger partial charge in [0, 0.05) is 35.8 Å². The van der Waals surface area contributed by atoms with Gasteiger partial charge < -0.3 is 19.7 Å². The lowest BCUT2D eigenvalue weighted by Crippen LogP contribution is -2.19. The van der Waals surface area contributed by atoms with Gasteiger partial charge in [-0.05, 0) is 56.6 Å². The van der Waals surface area contributed by atoms with Crippen molar-refractivity contribution in [1.82, 2.24) is 9.88 Å². The van der Waals surface area contributed by atoms with Crippen LogP contribution in [0.3, 0.4) is 0 Å². The fourth-order valence-corrected chi connectivity index (χ4v) is 2.85. The zero-order chi connectivity index (χ0) is 21.3. The number of pyridine rings is 1. The van der Waals surface area contributed by atoms with E-state index in [1.54, 1.807) is 48.8 Å². The van der Waals surface area contributed by atoms with Crippen LogP contribution in [0.15, 0.2) is 67.0 Å². The zero-order valence-corrected chi connectivity index (χ0v) is 17.7. The fraction of sp³-hybridized carbons (Fsp3) is 0.217. The Morgan fingerprint density at radius 1 is 1.10 bits per heavy atom. The van der Waals surface area contributed by atoms with E-state index < -0.39 is 0 Å². The van der Waals surface area contributed by atoms with Gasteiger partial charge in [-0.2, -0.15) is 0 Å². The van der Waals surface area contributed by atoms with Gasteiger partial charge in [0.15, 0.2) is 0 Å². The number of carbonyl (C=O) groups is 1. The Morgan fingerprint density at radius 2 is 1.97 bits per heavy atom. The van der Waals surface area contributed by atoms with Crippen LogP contribution in [0, 0.1) is 0 Å². The molecule has 6 nitrogen and oxygen atoms in total. The van der Waals surface area contributed by atoms with Gasteiger partial charge in [-0.15, -0.1) is 0 Å². The SMILES string of the molecule is CN(C)CCOc1ccc(NC(=O)c2cccc(OCc3cccnc3)c2)cc1Cl. The number of nitrogens with zero attached hydrogens (tertiary/aromatic N) is 2. The van der Waals surface area contributed by atoms with Crippen LogP contribution >= 0.6 is 11.6 Å². The van der Waals surface area contributed by atoms with Crippen molar-refractivity contribution >= 4 is 23.2 Å². The van der Waals surface area contributed by atoms with E-state index in [-0.39, 0.29) is 5.91 Å². The summed E-state index contributed by atoms with van der Waals surface area (Å²) in [6.45, 7) is 1.70. The summed E-state index contributed by atoms with van der Waals surface area (Å²) in [7, 11) is 3.95. The molecular weight excluding hydrogens is 402 g/mol. The number of likely N-dealkylation sites (N-methyl/N-ethyl adjacent to an activating group) is 1. The molecule has 1 N–H and O–H groups in total. The molecule has 0 saturated carbocycles. The summed E-state index contributed by atoms with van der Waals surface area (Å²) in [6.07, 6.45) is 3.46. The Hall–Kier alpha value is -3.09. The number of hydrogen-bond donors (Lipinski definition) is 1. The van der Waals surface area contributed by atoms with Gasteiger partial charge in [-0.3, -0.25) is 9.78 Å². The van der Waals surface area contributed by atoms with Crippen LogP contribution in [0.1, 0.15) is 15.9 Å². The molecule has 3 rings (SSSR count). The Bertz CT molecular complexity index is 980. The molecule has 0 bridgehead atoms. The summed E-state index contributed by atoms with van der Waals surface area (Å²) in [5.74, 6) is 0.940. The number of nitrogens with one attached hydrogen (secondary N) is 1. The molecule has 0 atom stereocenters. The smallest absolute Gasteiger partial charge is 0.255 e. The van der Waals surface area contributed by atoms with E-state index in [0.717, 1.165) is 12.1 Å². The fourth-order valence-electron chi connectivity index (χ4n) is 2.61. The molecule has 0 saturated heterocycles. The van der Waals surface area contributed by atoms with Crippen molar-refractivity contribution in [3.05, 3.63) is 83.1 Å². The third kappa shape index (κ3) is 6.47. The van der Waals surface area contributed by atoms with Crippen molar-refractivity contribution in [3.8, 4) is 11.5 Å². The van der Waals surface area contributed by atoms with Gasteiger partial charge in [0.2, 0.25) is 0 Å². The molecule has 3 aromatic rings. The first-order valence-corrected chi connectivity index (χ1v) is 9.89. The summed E-state index contributed by atoms with van der Waals surface area (Å²) < 4.78 is 11.4. The average Bonchev–Trinajstić information content (AvgIpc) is 2.74. The first-order chi connectivity index (χ1) is 14.5. The molecule has 0 radical (unpaired) electrons. The number of ether oxygens (including phenoxy) is 2. The van der Waals surface area contributed by atoms with Crippen molar-refractivity contribution in [1.29, 1.82) is 0 Å². The maximum atomic E-state index is 12.6. The molecule has 0 aliphatic carbocycles. The predicted octanol–water partition coefficient (Wildman–Crippen LogP) is 4.51. The second kappa shape index (κ2) is 10.6. The quantitative estimate of drug-likeness (QED) is 0.546. The Morgan fingerprint density at radius 3 is 2.70 bits per heavy atom. The van der Waals surface area contributed by atoms with Crippen LogP contribution < -0.4 is 14.8 Å². The third-order valence-electron chi connectivity index (χ3n) is 4.21. The van der Waals surface area contributed by atoms with Crippen LogP contribution in [0.2, 0.25) is 5.02 Å². The molecule has 30 heavy (non-hydrogen) atoms. The van der Waals surface area contributed by atoms with Crippen LogP contribution in [0.4, 0.5) is 5.69 Å². The molecule has 1 amide bonds. The molecule has 1 heterocycles. The Kier molecular flexibility index (Phi) is 7.65. The number of hydrogen-bond acceptors (Lipinski definition) is 5. The summed E-state index contributed by atoms with van der Waals surface area (Å²) in [5.41, 5.74) is 2.03. The van der Waals surface area contributed by atoms with E-state index in [9.17, 15) is 4.79 Å². The zero-order valence-electron chi connectivity index (χ0n) is 17.0. The van der Waals surface area contributed by atoms with Gasteiger partial charge in [0.25, 0.3) is 5.91 Å². The number of halogens is 1. The van der Waals surface area contributed by atoms with Crippen LogP contribution in [0.25, 0.3) is 0 Å². The molecule has 156 valence electrons. The van der Waals surface area contributed by atoms with Gasteiger partial charge in [-0.25, -0.2) is 0 Å². The van der Waals surface area contributed by atoms with Crippen LogP contribution in [-0.4, -0.2) is 43.0 Å². The van der Waals surface area contributed by atoms with Gasteiger partial charge in [0.1, 0.15) is 24.7 Å². The lowest BCUT2D eigenvalue weighted by Gasteiger charge is -2.13. The summed E-state index contributed by atoms with van der Waals surface area (Å²) in [4.78, 5) is 18.7. The summed E-state index contributed by atoms with van der Waals surface area (Å²) >= 11 is 6.28. The van der Waals surface area contributed by atoms with Crippen molar-refractivity contribution in [2.75, 3.05) is 32.6 Å². The average molecular weight is 426 g/mol. The van der Waals surface area contributed by atoms with E-state index in [2.05, 4.69) is 10.3 Å². The van der Waals surface area contributed by atoms with E-state index in [0.29, 0.717) is 41.0 Å². The third-order valence-corrected chi connectivity index (χ3v) is 4.51. The number of amides is 1. The number of aromatic nitrogens is 1. The molecule has 7 heteroatoms. The minimum Gasteiger partial charge on any atom is -0.491 e. The van der Waals surface area contributed by atoms with E-state index in [1.807, 2.05) is 37.2 Å².